The van der Waals surface area contributed by atoms with Crippen molar-refractivity contribution in [3.05, 3.63) is 24.3 Å². The molecule has 8 atom stereocenters. The van der Waals surface area contributed by atoms with Crippen molar-refractivity contribution in [2.45, 2.75) is 88.0 Å². The van der Waals surface area contributed by atoms with E-state index in [4.69, 9.17) is 18.9 Å². The van der Waals surface area contributed by atoms with Crippen LogP contribution in [-0.4, -0.2) is 70.5 Å². The Labute approximate surface area is 147 Å². The molecule has 2 aliphatic heterocycles. The van der Waals surface area contributed by atoms with Gasteiger partial charge in [0.2, 0.25) is 0 Å². The van der Waals surface area contributed by atoms with Gasteiger partial charge in [0, 0.05) is 0 Å². The first kappa shape index (κ1) is 17.6. The summed E-state index contributed by atoms with van der Waals surface area (Å²) in [6, 6.07) is -0.704. The van der Waals surface area contributed by atoms with Gasteiger partial charge in [-0.25, -0.2) is 0 Å². The van der Waals surface area contributed by atoms with Crippen LogP contribution in [0.2, 0.25) is 0 Å². The van der Waals surface area contributed by atoms with E-state index in [9.17, 15) is 10.2 Å². The van der Waals surface area contributed by atoms with Crippen LogP contribution in [0.15, 0.2) is 24.3 Å². The van der Waals surface area contributed by atoms with Crippen LogP contribution in [-0.2, 0) is 18.9 Å². The third kappa shape index (κ3) is 3.19. The highest BCUT2D eigenvalue weighted by molar-refractivity contribution is 5.19. The van der Waals surface area contributed by atoms with E-state index in [1.807, 2.05) is 52.0 Å². The molecule has 25 heavy (non-hydrogen) atoms. The molecule has 0 aromatic heterocycles. The van der Waals surface area contributed by atoms with Crippen LogP contribution >= 0.6 is 0 Å². The van der Waals surface area contributed by atoms with E-state index >= 15 is 0 Å². The van der Waals surface area contributed by atoms with E-state index in [-0.39, 0.29) is 24.3 Å². The average molecular weight is 353 g/mol. The Bertz CT molecular complexity index is 538. The first-order chi connectivity index (χ1) is 11.7. The second-order valence-electron chi connectivity index (χ2n) is 8.10. The van der Waals surface area contributed by atoms with E-state index in [1.54, 1.807) is 0 Å². The zero-order chi connectivity index (χ0) is 18.0. The summed E-state index contributed by atoms with van der Waals surface area (Å²) in [6.07, 6.45) is 4.64. The summed E-state index contributed by atoms with van der Waals surface area (Å²) in [4.78, 5) is 0. The van der Waals surface area contributed by atoms with Crippen LogP contribution in [0.5, 0.6) is 0 Å². The Morgan fingerprint density at radius 3 is 1.48 bits per heavy atom. The van der Waals surface area contributed by atoms with Gasteiger partial charge in [0.25, 0.3) is 0 Å². The quantitative estimate of drug-likeness (QED) is 0.612. The highest BCUT2D eigenvalue weighted by Crippen LogP contribution is 2.36. The van der Waals surface area contributed by atoms with Crippen LogP contribution in [0.3, 0.4) is 0 Å². The van der Waals surface area contributed by atoms with Crippen molar-refractivity contribution in [2.75, 3.05) is 0 Å². The molecule has 0 spiro atoms. The van der Waals surface area contributed by atoms with Crippen LogP contribution in [0.25, 0.3) is 0 Å². The first-order valence-corrected chi connectivity index (χ1v) is 8.85. The lowest BCUT2D eigenvalue weighted by Gasteiger charge is -2.37. The summed E-state index contributed by atoms with van der Waals surface area (Å²) in [5.74, 6) is -1.43. The number of hydrogen-bond acceptors (Lipinski definition) is 7. The van der Waals surface area contributed by atoms with Gasteiger partial charge in [-0.15, -0.1) is 0 Å². The Hall–Kier alpha value is -0.800. The molecular weight excluding hydrogens is 326 g/mol. The second-order valence-corrected chi connectivity index (χ2v) is 8.10. The van der Waals surface area contributed by atoms with E-state index in [1.165, 1.54) is 0 Å². The third-order valence-corrected chi connectivity index (χ3v) is 5.14. The number of aliphatic hydroxyl groups excluding tert-OH is 2. The predicted molar refractivity (Wildman–Crippen MR) is 88.7 cm³/mol. The Morgan fingerprint density at radius 2 is 1.08 bits per heavy atom. The summed E-state index contributed by atoms with van der Waals surface area (Å²) < 4.78 is 23.2. The molecule has 7 nitrogen and oxygen atoms in total. The Morgan fingerprint density at radius 1 is 0.680 bits per heavy atom. The minimum Gasteiger partial charge on any atom is -0.388 e. The number of nitrogens with one attached hydrogen (secondary N) is 1. The molecule has 7 heteroatoms. The fourth-order valence-electron chi connectivity index (χ4n) is 4.09. The molecule has 2 aliphatic carbocycles. The molecule has 0 aromatic rings. The van der Waals surface area contributed by atoms with Crippen LogP contribution in [0.4, 0.5) is 0 Å². The number of hydrogen-bond donors (Lipinski definition) is 3. The fourth-order valence-corrected chi connectivity index (χ4v) is 4.09. The van der Waals surface area contributed by atoms with Gasteiger partial charge < -0.3 is 29.2 Å². The summed E-state index contributed by atoms with van der Waals surface area (Å²) in [6.45, 7) is 7.34. The third-order valence-electron chi connectivity index (χ3n) is 5.14. The normalized spacial score (nSPS) is 49.8. The smallest absolute Gasteiger partial charge is 0.164 e. The SMILES string of the molecule is CC1(C)O[C@H]2[C@H](O)[C@@H](N[C@H]3C=C[C@H]4OC(C)(C)O[C@H]4[C@@H]3O)C=C[C@H]2O1. The van der Waals surface area contributed by atoms with Crippen molar-refractivity contribution >= 4 is 0 Å². The molecule has 0 saturated carbocycles. The number of rotatable bonds is 2. The Kier molecular flexibility index (Phi) is 4.12. The minimum absolute atomic E-state index is 0.258. The van der Waals surface area contributed by atoms with Crippen molar-refractivity contribution in [1.82, 2.24) is 5.32 Å². The van der Waals surface area contributed by atoms with Crippen molar-refractivity contribution in [2.24, 2.45) is 0 Å². The second kappa shape index (κ2) is 5.85. The van der Waals surface area contributed by atoms with Gasteiger partial charge >= 0.3 is 0 Å². The largest absolute Gasteiger partial charge is 0.388 e. The van der Waals surface area contributed by atoms with Gasteiger partial charge in [0.05, 0.1) is 12.1 Å². The van der Waals surface area contributed by atoms with Crippen molar-refractivity contribution in [3.8, 4) is 0 Å². The molecule has 140 valence electrons. The highest BCUT2D eigenvalue weighted by atomic mass is 16.8. The van der Waals surface area contributed by atoms with Crippen LogP contribution < -0.4 is 5.32 Å². The maximum atomic E-state index is 10.7. The van der Waals surface area contributed by atoms with Gasteiger partial charge in [-0.1, -0.05) is 24.3 Å². The summed E-state index contributed by atoms with van der Waals surface area (Å²) in [7, 11) is 0. The van der Waals surface area contributed by atoms with Crippen LogP contribution in [0, 0.1) is 0 Å². The van der Waals surface area contributed by atoms with Crippen molar-refractivity contribution < 1.29 is 29.2 Å². The van der Waals surface area contributed by atoms with E-state index in [2.05, 4.69) is 5.32 Å². The summed E-state index contributed by atoms with van der Waals surface area (Å²) in [5, 5.41) is 24.6. The summed E-state index contributed by atoms with van der Waals surface area (Å²) >= 11 is 0. The molecule has 0 unspecified atom stereocenters. The van der Waals surface area contributed by atoms with Gasteiger partial charge in [0.15, 0.2) is 11.6 Å². The summed E-state index contributed by atoms with van der Waals surface area (Å²) in [5.41, 5.74) is 0. The van der Waals surface area contributed by atoms with E-state index in [0.29, 0.717) is 0 Å². The molecule has 2 saturated heterocycles. The number of aliphatic hydroxyl groups is 2. The predicted octanol–water partition coefficient (Wildman–Crippen LogP) is 0.215. The van der Waals surface area contributed by atoms with Crippen LogP contribution in [0.1, 0.15) is 27.7 Å². The first-order valence-electron chi connectivity index (χ1n) is 8.85. The van der Waals surface area contributed by atoms with E-state index < -0.39 is 36.0 Å². The average Bonchev–Trinajstić information content (AvgIpc) is 3.00. The zero-order valence-corrected chi connectivity index (χ0v) is 15.0. The molecule has 0 amide bonds. The Balaban J connectivity index is 1.45. The topological polar surface area (TPSA) is 89.4 Å². The molecule has 2 fully saturated rings. The minimum atomic E-state index is -0.771. The van der Waals surface area contributed by atoms with Gasteiger partial charge in [-0.2, -0.15) is 0 Å². The number of fused-ring (bicyclic) bond motifs is 2. The van der Waals surface area contributed by atoms with Crippen molar-refractivity contribution in [1.29, 1.82) is 0 Å². The molecule has 3 N–H and O–H groups in total. The fraction of sp³-hybridized carbons (Fsp3) is 0.778. The molecule has 0 aromatic carbocycles. The number of ether oxygens (including phenoxy) is 4. The molecule has 0 bridgehead atoms. The monoisotopic (exact) mass is 353 g/mol. The zero-order valence-electron chi connectivity index (χ0n) is 15.0. The standard InChI is InChI=1S/C18H27NO6/c1-17(2)22-11-7-5-9(13(20)15(11)24-17)19-10-6-8-12-16(14(10)21)25-18(3,4)23-12/h5-16,19-21H,1-4H3/t9-,10-,11+,12+,13+,14+,15+,16+/m0/s1. The molecule has 4 rings (SSSR count). The van der Waals surface area contributed by atoms with Crippen molar-refractivity contribution in [3.63, 3.8) is 0 Å². The maximum absolute atomic E-state index is 10.7. The molecule has 2 heterocycles. The van der Waals surface area contributed by atoms with Gasteiger partial charge in [0.1, 0.15) is 36.6 Å². The molecular formula is C18H27NO6. The highest BCUT2D eigenvalue weighted by Gasteiger charge is 2.50. The molecule has 0 radical (unpaired) electrons. The lowest BCUT2D eigenvalue weighted by atomic mass is 9.90. The van der Waals surface area contributed by atoms with Gasteiger partial charge in [-0.3, -0.25) is 5.32 Å². The maximum Gasteiger partial charge on any atom is 0.164 e. The lowest BCUT2D eigenvalue weighted by Crippen LogP contribution is -2.58. The lowest BCUT2D eigenvalue weighted by molar-refractivity contribution is -0.155. The van der Waals surface area contributed by atoms with Gasteiger partial charge in [-0.05, 0) is 27.7 Å². The van der Waals surface area contributed by atoms with E-state index in [0.717, 1.165) is 0 Å². The molecule has 4 aliphatic rings.